The highest BCUT2D eigenvalue weighted by atomic mass is 16.5. The summed E-state index contributed by atoms with van der Waals surface area (Å²) >= 11 is 0. The van der Waals surface area contributed by atoms with Gasteiger partial charge in [-0.3, -0.25) is 97.8 Å². The second-order valence-electron chi connectivity index (χ2n) is 39.4. The second kappa shape index (κ2) is 49.4. The summed E-state index contributed by atoms with van der Waals surface area (Å²) in [5, 5.41) is 4.75. The number of imide groups is 10. The number of methoxy groups -OCH3 is 1. The van der Waals surface area contributed by atoms with Crippen LogP contribution in [-0.2, 0) is 80.2 Å². The Kier molecular flexibility index (Phi) is 35.0. The van der Waals surface area contributed by atoms with Crippen molar-refractivity contribution in [2.75, 3.05) is 7.11 Å². The van der Waals surface area contributed by atoms with Crippen LogP contribution in [0.5, 0.6) is 5.75 Å². The summed E-state index contributed by atoms with van der Waals surface area (Å²) in [5.74, 6) is -7.83. The van der Waals surface area contributed by atoms with E-state index in [-0.39, 0.29) is 97.1 Å². The highest BCUT2D eigenvalue weighted by Gasteiger charge is 2.55. The highest BCUT2D eigenvalue weighted by molar-refractivity contribution is 6.21. The summed E-state index contributed by atoms with van der Waals surface area (Å²) < 4.78 is 5.16. The molecule has 3 atom stereocenters. The van der Waals surface area contributed by atoms with Gasteiger partial charge in [0, 0.05) is 30.2 Å². The maximum Gasteiger partial charge on any atom is 0.334 e. The van der Waals surface area contributed by atoms with Gasteiger partial charge in [-0.25, -0.2) is 24.0 Å². The zero-order valence-corrected chi connectivity index (χ0v) is 82.5. The van der Waals surface area contributed by atoms with Gasteiger partial charge in [-0.1, -0.05) is 381 Å². The minimum atomic E-state index is -0.999. The van der Waals surface area contributed by atoms with Crippen LogP contribution in [-0.4, -0.2) is 166 Å². The fourth-order valence-corrected chi connectivity index (χ4v) is 22.1. The summed E-state index contributed by atoms with van der Waals surface area (Å²) in [6.45, 7) is 2.20. The van der Waals surface area contributed by atoms with E-state index in [0.29, 0.717) is 24.2 Å². The number of urea groups is 5. The molecule has 5 saturated heterocycles. The van der Waals surface area contributed by atoms with E-state index < -0.39 is 83.4 Å². The summed E-state index contributed by atoms with van der Waals surface area (Å²) in [5.41, 5.74) is 9.46. The van der Waals surface area contributed by atoms with Gasteiger partial charge in [0.25, 0.3) is 0 Å². The molecule has 750 valence electrons. The SMILES string of the molecule is COc1ccc(CC2C(=O)NC(=O)N(C(c3ccccc3)c3ccccc3)C2=O)cc1.Cc1ccc(CC2C(=O)N(Cc3ccccc3)C(=O)N(C3CCCCC3)C2=O)cc1.O=C1C(Cc2ccccc2)C(=O)N(C2CCCCC2)C(=O)N1C1CCCCC1.O=C1C(c2ccccc2)C(=O)N(C2CCCCC2)C(=O)N1C1CCCCC1.O=C1NC(=O)N(C(c2ccccc2)c2ccccc2)C(=O)C1Cc1ccccc1. The van der Waals surface area contributed by atoms with Crippen LogP contribution in [0.1, 0.15) is 240 Å². The third-order valence-electron chi connectivity index (χ3n) is 29.7. The van der Waals surface area contributed by atoms with Crippen molar-refractivity contribution < 1.29 is 76.7 Å². The van der Waals surface area contributed by atoms with Crippen LogP contribution in [0.3, 0.4) is 0 Å². The molecule has 5 saturated carbocycles. The van der Waals surface area contributed by atoms with Gasteiger partial charge < -0.3 is 4.74 Å². The molecule has 5 heterocycles. The first-order chi connectivity index (χ1) is 70.6. The van der Waals surface area contributed by atoms with Crippen molar-refractivity contribution in [1.29, 1.82) is 0 Å². The van der Waals surface area contributed by atoms with Gasteiger partial charge in [-0.05, 0) is 165 Å². The van der Waals surface area contributed by atoms with Crippen LogP contribution in [0, 0.1) is 30.6 Å². The molecule has 3 unspecified atom stereocenters. The van der Waals surface area contributed by atoms with E-state index >= 15 is 0 Å². The Morgan fingerprint density at radius 3 is 0.828 bits per heavy atom. The fourth-order valence-electron chi connectivity index (χ4n) is 22.1. The molecule has 0 aromatic heterocycles. The summed E-state index contributed by atoms with van der Waals surface area (Å²) in [6, 6.07) is 86.0. The Morgan fingerprint density at radius 1 is 0.262 bits per heavy atom. The minimum Gasteiger partial charge on any atom is -0.497 e. The Bertz CT molecular complexity index is 6020. The average molecular weight is 1950 g/mol. The number of benzene rings is 10. The Labute approximate surface area is 847 Å². The molecule has 0 radical (unpaired) electrons. The van der Waals surface area contributed by atoms with E-state index in [4.69, 9.17) is 4.74 Å². The van der Waals surface area contributed by atoms with Crippen LogP contribution >= 0.6 is 0 Å². The number of nitrogens with one attached hydrogen (secondary N) is 2. The van der Waals surface area contributed by atoms with E-state index in [2.05, 4.69) is 10.6 Å². The molecule has 0 bridgehead atoms. The molecule has 26 heteroatoms. The Balaban J connectivity index is 0.000000130. The lowest BCUT2D eigenvalue weighted by atomic mass is 9.87. The van der Waals surface area contributed by atoms with E-state index in [0.717, 1.165) is 216 Å². The van der Waals surface area contributed by atoms with E-state index in [9.17, 15) is 71.9 Å². The number of hydrogen-bond donors (Lipinski definition) is 2. The first kappa shape index (κ1) is 103. The molecule has 5 aliphatic heterocycles. The number of amides is 20. The van der Waals surface area contributed by atoms with Crippen molar-refractivity contribution in [2.24, 2.45) is 23.7 Å². The maximum atomic E-state index is 13.5. The van der Waals surface area contributed by atoms with Gasteiger partial charge in [-0.15, -0.1) is 0 Å². The lowest BCUT2D eigenvalue weighted by molar-refractivity contribution is -0.154. The molecule has 20 amide bonds. The smallest absolute Gasteiger partial charge is 0.334 e. The van der Waals surface area contributed by atoms with Gasteiger partial charge in [0.2, 0.25) is 59.1 Å². The number of carbonyl (C=O) groups excluding carboxylic acids is 15. The van der Waals surface area contributed by atoms with Crippen LogP contribution in [0.2, 0.25) is 0 Å². The van der Waals surface area contributed by atoms with Crippen molar-refractivity contribution in [3.63, 3.8) is 0 Å². The van der Waals surface area contributed by atoms with Crippen LogP contribution in [0.4, 0.5) is 24.0 Å². The lowest BCUT2D eigenvalue weighted by Crippen LogP contribution is -2.65. The number of rotatable bonds is 23. The van der Waals surface area contributed by atoms with Crippen molar-refractivity contribution in [3.8, 4) is 5.75 Å². The quantitative estimate of drug-likeness (QED) is 0.0562. The van der Waals surface area contributed by atoms with Gasteiger partial charge in [0.15, 0.2) is 0 Å². The molecule has 145 heavy (non-hydrogen) atoms. The highest BCUT2D eigenvalue weighted by Crippen LogP contribution is 2.42. The lowest BCUT2D eigenvalue weighted by Gasteiger charge is -2.45. The molecular weight excluding hydrogens is 1830 g/mol. The molecule has 0 spiro atoms. The number of nitrogens with zero attached hydrogens (tertiary/aromatic N) is 8. The molecule has 26 nitrogen and oxygen atoms in total. The normalized spacial score (nSPS) is 20.1. The molecule has 10 aromatic rings. The molecular formula is C119H128N10O16. The van der Waals surface area contributed by atoms with Crippen molar-refractivity contribution in [2.45, 2.75) is 248 Å². The van der Waals surface area contributed by atoms with Crippen LogP contribution in [0.15, 0.2) is 291 Å². The van der Waals surface area contributed by atoms with Crippen LogP contribution < -0.4 is 15.4 Å². The van der Waals surface area contributed by atoms with Gasteiger partial charge in [0.1, 0.15) is 35.3 Å². The zero-order valence-electron chi connectivity index (χ0n) is 82.5. The predicted octanol–water partition coefficient (Wildman–Crippen LogP) is 20.4. The van der Waals surface area contributed by atoms with Crippen molar-refractivity contribution >= 4 is 89.2 Å². The Hall–Kier alpha value is -15.0. The summed E-state index contributed by atoms with van der Waals surface area (Å²) in [4.78, 5) is 208. The van der Waals surface area contributed by atoms with Gasteiger partial charge in [-0.2, -0.15) is 0 Å². The number of hydrogen-bond acceptors (Lipinski definition) is 16. The summed E-state index contributed by atoms with van der Waals surface area (Å²) in [7, 11) is 1.57. The minimum absolute atomic E-state index is 0.0498. The first-order valence-electron chi connectivity index (χ1n) is 51.6. The standard InChI is InChI=1S/C25H22N2O4.C25H28N2O3.C24H20N2O3.C23H30N2O3.C22H28N2O3/c1-31-20-14-12-17(13-15-20)16-21-23(28)26-25(30)27(24(21)29)22(18-8-4-2-5-9-18)19-10-6-3-7-11-19;1-18-12-14-19(15-13-18)16-22-23(28)26(17-20-8-4-2-5-9-20)25(30)27(24(22)29)21-10-6-3-7-11-21;27-22-20(16-17-10-4-1-5-11-17)23(28)26(24(29)25-22)21(18-12-6-2-7-13-18)19-14-8-3-9-15-19;26-21-20(16-17-10-4-1-5-11-17)22(27)25(19-14-8-3-9-15-19)23(28)24(21)18-12-6-2-7-13-18;25-20-19(16-10-4-1-5-11-16)21(26)24(18-14-8-3-9-15-18)22(27)23(20)17-12-6-2-7-13-17/h2-15,21-22H,16H2,1H3,(H,26,28,30);2,4-5,8-9,12-15,21-22H,3,6-7,10-11,16-17H2,1H3;1-15,20-21H,16H2,(H,25,27,29);1,4-5,10-11,18-20H,2-3,6-9,12-16H2;1,4-5,10-11,17-19H,2-3,6-9,12-15H2. The number of carbonyl (C=O) groups is 15. The average Bonchev–Trinajstić information content (AvgIpc) is 0.748. The third kappa shape index (κ3) is 24.6. The third-order valence-corrected chi connectivity index (χ3v) is 29.7. The molecule has 10 aromatic carbocycles. The fraction of sp³-hybridized carbons (Fsp3) is 0.370. The van der Waals surface area contributed by atoms with Crippen LogP contribution in [0.25, 0.3) is 0 Å². The first-order valence-corrected chi connectivity index (χ1v) is 51.6. The van der Waals surface area contributed by atoms with E-state index in [1.165, 1.54) is 39.2 Å². The Morgan fingerprint density at radius 2 is 0.517 bits per heavy atom. The molecule has 20 rings (SSSR count). The molecule has 10 fully saturated rings. The second-order valence-corrected chi connectivity index (χ2v) is 39.4. The number of barbiturate groups is 5. The van der Waals surface area contributed by atoms with Crippen molar-refractivity contribution in [3.05, 3.63) is 352 Å². The van der Waals surface area contributed by atoms with Gasteiger partial charge in [0.05, 0.1) is 25.7 Å². The zero-order chi connectivity index (χ0) is 101. The largest absolute Gasteiger partial charge is 0.497 e. The van der Waals surface area contributed by atoms with Crippen molar-refractivity contribution in [1.82, 2.24) is 49.8 Å². The molecule has 2 N–H and O–H groups in total. The maximum absolute atomic E-state index is 13.5. The van der Waals surface area contributed by atoms with E-state index in [1.54, 1.807) is 19.2 Å². The monoisotopic (exact) mass is 1950 g/mol. The number of ether oxygens (including phenoxy) is 1. The van der Waals surface area contributed by atoms with Gasteiger partial charge >= 0.3 is 30.2 Å². The summed E-state index contributed by atoms with van der Waals surface area (Å²) in [6.07, 6.45) is 25.7. The topological polar surface area (TPSA) is 315 Å². The predicted molar refractivity (Wildman–Crippen MR) is 547 cm³/mol. The number of aryl methyl sites for hydroxylation is 1. The molecule has 10 aliphatic rings. The van der Waals surface area contributed by atoms with E-state index in [1.807, 2.05) is 286 Å². The molecule has 5 aliphatic carbocycles.